The number of carbonyl (C=O) groups is 2. The first-order valence-corrected chi connectivity index (χ1v) is 8.07. The van der Waals surface area contributed by atoms with Crippen molar-refractivity contribution < 1.29 is 14.0 Å². The van der Waals surface area contributed by atoms with E-state index in [9.17, 15) is 9.59 Å². The largest absolute Gasteiger partial charge is 0.467 e. The number of hydrogen-bond donors (Lipinski definition) is 1. The van der Waals surface area contributed by atoms with Gasteiger partial charge in [0.25, 0.3) is 5.91 Å². The Morgan fingerprint density at radius 1 is 1.12 bits per heavy atom. The van der Waals surface area contributed by atoms with E-state index < -0.39 is 0 Å². The third kappa shape index (κ3) is 3.55. The number of rotatable bonds is 5. The minimum atomic E-state index is -0.195. The molecule has 3 aromatic rings. The van der Waals surface area contributed by atoms with E-state index in [1.54, 1.807) is 30.5 Å². The van der Waals surface area contributed by atoms with Crippen molar-refractivity contribution in [2.75, 3.05) is 5.32 Å². The molecule has 25 heavy (non-hydrogen) atoms. The molecule has 0 unspecified atom stereocenters. The lowest BCUT2D eigenvalue weighted by molar-refractivity contribution is 0.101. The maximum absolute atomic E-state index is 12.7. The molecule has 0 radical (unpaired) electrons. The fraction of sp³-hybridized carbons (Fsp3) is 0.200. The van der Waals surface area contributed by atoms with Gasteiger partial charge in [-0.05, 0) is 51.1 Å². The third-order valence-electron chi connectivity index (χ3n) is 4.24. The maximum atomic E-state index is 12.7. The van der Waals surface area contributed by atoms with E-state index in [2.05, 4.69) is 5.32 Å². The van der Waals surface area contributed by atoms with E-state index in [-0.39, 0.29) is 11.7 Å². The van der Waals surface area contributed by atoms with Gasteiger partial charge in [-0.15, -0.1) is 0 Å². The SMILES string of the molecule is CC(=O)c1cccc(NC(=O)c2cc(C)n(Cc3ccco3)c2C)c1. The van der Waals surface area contributed by atoms with Crippen LogP contribution in [0.15, 0.2) is 53.1 Å². The summed E-state index contributed by atoms with van der Waals surface area (Å²) in [5.41, 5.74) is 3.64. The van der Waals surface area contributed by atoms with E-state index in [4.69, 9.17) is 4.42 Å². The molecule has 3 rings (SSSR count). The average molecular weight is 336 g/mol. The summed E-state index contributed by atoms with van der Waals surface area (Å²) in [6.07, 6.45) is 1.64. The number of nitrogens with one attached hydrogen (secondary N) is 1. The highest BCUT2D eigenvalue weighted by atomic mass is 16.3. The van der Waals surface area contributed by atoms with Gasteiger partial charge in [0.15, 0.2) is 5.78 Å². The van der Waals surface area contributed by atoms with Crippen LogP contribution in [0.25, 0.3) is 0 Å². The summed E-state index contributed by atoms with van der Waals surface area (Å²) in [5.74, 6) is 0.607. The summed E-state index contributed by atoms with van der Waals surface area (Å²) in [5, 5.41) is 2.87. The summed E-state index contributed by atoms with van der Waals surface area (Å²) in [7, 11) is 0. The average Bonchev–Trinajstić information content (AvgIpc) is 3.19. The van der Waals surface area contributed by atoms with Crippen LogP contribution in [0.5, 0.6) is 0 Å². The Hall–Kier alpha value is -3.08. The van der Waals surface area contributed by atoms with Crippen molar-refractivity contribution in [3.8, 4) is 0 Å². The van der Waals surface area contributed by atoms with Crippen LogP contribution in [0.2, 0.25) is 0 Å². The van der Waals surface area contributed by atoms with Crippen molar-refractivity contribution in [1.82, 2.24) is 4.57 Å². The number of Topliss-reactive ketones (excluding diaryl/α,β-unsaturated/α-hetero) is 1. The van der Waals surface area contributed by atoms with E-state index in [1.807, 2.05) is 36.6 Å². The molecule has 5 heteroatoms. The summed E-state index contributed by atoms with van der Waals surface area (Å²) < 4.78 is 7.44. The number of carbonyl (C=O) groups excluding carboxylic acids is 2. The van der Waals surface area contributed by atoms with Crippen molar-refractivity contribution in [3.63, 3.8) is 0 Å². The second-order valence-electron chi connectivity index (χ2n) is 6.04. The molecule has 1 amide bonds. The molecule has 1 aromatic carbocycles. The van der Waals surface area contributed by atoms with Gasteiger partial charge in [-0.2, -0.15) is 0 Å². The first-order chi connectivity index (χ1) is 12.0. The molecule has 128 valence electrons. The van der Waals surface area contributed by atoms with Crippen LogP contribution in [0.3, 0.4) is 0 Å². The topological polar surface area (TPSA) is 64.2 Å². The quantitative estimate of drug-likeness (QED) is 0.710. The Labute approximate surface area is 146 Å². The molecule has 0 saturated heterocycles. The van der Waals surface area contributed by atoms with Crippen LogP contribution < -0.4 is 5.32 Å². The van der Waals surface area contributed by atoms with Gasteiger partial charge in [-0.1, -0.05) is 12.1 Å². The van der Waals surface area contributed by atoms with E-state index >= 15 is 0 Å². The zero-order valence-electron chi connectivity index (χ0n) is 14.5. The second-order valence-corrected chi connectivity index (χ2v) is 6.04. The van der Waals surface area contributed by atoms with E-state index in [1.165, 1.54) is 6.92 Å². The molecule has 0 aliphatic carbocycles. The molecule has 0 aliphatic heterocycles. The number of furan rings is 1. The lowest BCUT2D eigenvalue weighted by Crippen LogP contribution is -2.14. The lowest BCUT2D eigenvalue weighted by atomic mass is 10.1. The molecule has 0 spiro atoms. The van der Waals surface area contributed by atoms with Crippen LogP contribution >= 0.6 is 0 Å². The van der Waals surface area contributed by atoms with E-state index in [0.29, 0.717) is 23.4 Å². The molecule has 2 aromatic heterocycles. The Kier molecular flexibility index (Phi) is 4.57. The molecule has 1 N–H and O–H groups in total. The molecule has 0 bridgehead atoms. The van der Waals surface area contributed by atoms with Crippen molar-refractivity contribution in [2.45, 2.75) is 27.3 Å². The van der Waals surface area contributed by atoms with Crippen LogP contribution in [-0.2, 0) is 6.54 Å². The number of nitrogens with zero attached hydrogens (tertiary/aromatic N) is 1. The van der Waals surface area contributed by atoms with Crippen molar-refractivity contribution in [1.29, 1.82) is 0 Å². The predicted octanol–water partition coefficient (Wildman–Crippen LogP) is 4.20. The second kappa shape index (κ2) is 6.81. The first kappa shape index (κ1) is 16.8. The summed E-state index contributed by atoms with van der Waals surface area (Å²) >= 11 is 0. The number of aromatic nitrogens is 1. The molecule has 0 atom stereocenters. The van der Waals surface area contributed by atoms with E-state index in [0.717, 1.165) is 17.1 Å². The fourth-order valence-corrected chi connectivity index (χ4v) is 2.85. The van der Waals surface area contributed by atoms with Gasteiger partial charge in [-0.25, -0.2) is 0 Å². The summed E-state index contributed by atoms with van der Waals surface area (Å²) in [6, 6.07) is 12.6. The molecule has 5 nitrogen and oxygen atoms in total. The number of anilines is 1. The van der Waals surface area contributed by atoms with Crippen LogP contribution in [0.4, 0.5) is 5.69 Å². The number of ketones is 1. The Balaban J connectivity index is 1.83. The predicted molar refractivity (Wildman–Crippen MR) is 96.1 cm³/mol. The molecular weight excluding hydrogens is 316 g/mol. The number of benzene rings is 1. The van der Waals surface area contributed by atoms with Crippen molar-refractivity contribution >= 4 is 17.4 Å². The van der Waals surface area contributed by atoms with Gasteiger partial charge in [0.05, 0.1) is 18.4 Å². The van der Waals surface area contributed by atoms with Crippen LogP contribution in [0, 0.1) is 13.8 Å². The zero-order chi connectivity index (χ0) is 18.0. The smallest absolute Gasteiger partial charge is 0.257 e. The van der Waals surface area contributed by atoms with Gasteiger partial charge in [0, 0.05) is 22.6 Å². The molecule has 2 heterocycles. The molecular formula is C20H20N2O3. The van der Waals surface area contributed by atoms with Gasteiger partial charge in [0.1, 0.15) is 5.76 Å². The summed E-state index contributed by atoms with van der Waals surface area (Å²) in [6.45, 7) is 5.96. The Bertz CT molecular complexity index is 921. The maximum Gasteiger partial charge on any atom is 0.257 e. The van der Waals surface area contributed by atoms with Crippen LogP contribution in [0.1, 0.15) is 44.8 Å². The first-order valence-electron chi connectivity index (χ1n) is 8.07. The number of aryl methyl sites for hydroxylation is 1. The summed E-state index contributed by atoms with van der Waals surface area (Å²) in [4.78, 5) is 24.1. The normalized spacial score (nSPS) is 10.7. The monoisotopic (exact) mass is 336 g/mol. The van der Waals surface area contributed by atoms with Gasteiger partial charge in [0.2, 0.25) is 0 Å². The minimum absolute atomic E-state index is 0.0345. The molecule has 0 saturated carbocycles. The van der Waals surface area contributed by atoms with Gasteiger partial charge < -0.3 is 14.3 Å². The van der Waals surface area contributed by atoms with Crippen molar-refractivity contribution in [3.05, 3.63) is 77.0 Å². The fourth-order valence-electron chi connectivity index (χ4n) is 2.85. The standard InChI is InChI=1S/C20H20N2O3/c1-13-10-19(14(2)22(13)12-18-8-5-9-25-18)20(24)21-17-7-4-6-16(11-17)15(3)23/h4-11H,12H2,1-3H3,(H,21,24). The highest BCUT2D eigenvalue weighted by Gasteiger charge is 2.17. The highest BCUT2D eigenvalue weighted by Crippen LogP contribution is 2.19. The van der Waals surface area contributed by atoms with Gasteiger partial charge >= 0.3 is 0 Å². The van der Waals surface area contributed by atoms with Crippen molar-refractivity contribution in [2.24, 2.45) is 0 Å². The zero-order valence-corrected chi connectivity index (χ0v) is 14.5. The number of hydrogen-bond acceptors (Lipinski definition) is 3. The van der Waals surface area contributed by atoms with Crippen LogP contribution in [-0.4, -0.2) is 16.3 Å². The minimum Gasteiger partial charge on any atom is -0.467 e. The highest BCUT2D eigenvalue weighted by molar-refractivity contribution is 6.06. The molecule has 0 aliphatic rings. The molecule has 0 fully saturated rings. The van der Waals surface area contributed by atoms with Gasteiger partial charge in [-0.3, -0.25) is 9.59 Å². The lowest BCUT2D eigenvalue weighted by Gasteiger charge is -2.09. The Morgan fingerprint density at radius 3 is 2.60 bits per heavy atom. The third-order valence-corrected chi connectivity index (χ3v) is 4.24. The Morgan fingerprint density at radius 2 is 1.92 bits per heavy atom. The number of amides is 1.